The van der Waals surface area contributed by atoms with Crippen LogP contribution in [0.5, 0.6) is 0 Å². The summed E-state index contributed by atoms with van der Waals surface area (Å²) in [6, 6.07) is 22.6. The van der Waals surface area contributed by atoms with Crippen LogP contribution in [0.3, 0.4) is 0 Å². The van der Waals surface area contributed by atoms with Crippen LogP contribution in [0, 0.1) is 0 Å². The van der Waals surface area contributed by atoms with Crippen LogP contribution in [0.4, 0.5) is 0 Å². The Kier molecular flexibility index (Phi) is 6.90. The van der Waals surface area contributed by atoms with Crippen LogP contribution in [0.1, 0.15) is 27.4 Å². The maximum atomic E-state index is 12.8. The van der Waals surface area contributed by atoms with Crippen LogP contribution in [0.25, 0.3) is 0 Å². The van der Waals surface area contributed by atoms with E-state index >= 15 is 0 Å². The molecule has 142 valence electrons. The maximum absolute atomic E-state index is 12.8. The van der Waals surface area contributed by atoms with E-state index in [1.807, 2.05) is 60.7 Å². The molecule has 2 N–H and O–H groups in total. The highest BCUT2D eigenvalue weighted by molar-refractivity contribution is 5.94. The van der Waals surface area contributed by atoms with Crippen molar-refractivity contribution in [1.82, 2.24) is 15.6 Å². The number of hydrogen-bond donors (Lipinski definition) is 2. The number of carbonyl (C=O) groups is 2. The number of amides is 2. The predicted octanol–water partition coefficient (Wildman–Crippen LogP) is 2.95. The second kappa shape index (κ2) is 10.0. The Morgan fingerprint density at radius 2 is 1.50 bits per heavy atom. The lowest BCUT2D eigenvalue weighted by molar-refractivity contribution is -0.122. The predicted molar refractivity (Wildman–Crippen MR) is 109 cm³/mol. The van der Waals surface area contributed by atoms with Crippen LogP contribution in [-0.2, 0) is 11.2 Å². The highest BCUT2D eigenvalue weighted by Gasteiger charge is 2.20. The molecule has 0 bridgehead atoms. The lowest BCUT2D eigenvalue weighted by Gasteiger charge is -2.17. The molecule has 0 aliphatic heterocycles. The highest BCUT2D eigenvalue weighted by Crippen LogP contribution is 2.20. The minimum absolute atomic E-state index is 0.0657. The molecule has 1 atom stereocenters. The van der Waals surface area contributed by atoms with Gasteiger partial charge in [-0.15, -0.1) is 0 Å². The molecular formula is C23H23N3O2. The summed E-state index contributed by atoms with van der Waals surface area (Å²) < 4.78 is 0. The van der Waals surface area contributed by atoms with E-state index in [4.69, 9.17) is 0 Å². The molecule has 28 heavy (non-hydrogen) atoms. The summed E-state index contributed by atoms with van der Waals surface area (Å²) in [7, 11) is 0. The normalized spacial score (nSPS) is 11.4. The van der Waals surface area contributed by atoms with Crippen LogP contribution in [-0.4, -0.2) is 29.9 Å². The monoisotopic (exact) mass is 373 g/mol. The first-order valence-corrected chi connectivity index (χ1v) is 9.29. The minimum atomic E-state index is -0.310. The van der Waals surface area contributed by atoms with Gasteiger partial charge in [-0.1, -0.05) is 54.6 Å². The van der Waals surface area contributed by atoms with Crippen molar-refractivity contribution in [2.45, 2.75) is 12.3 Å². The zero-order valence-corrected chi connectivity index (χ0v) is 15.5. The number of nitrogens with one attached hydrogen (secondary N) is 2. The first kappa shape index (κ1) is 19.3. The first-order valence-electron chi connectivity index (χ1n) is 9.29. The van der Waals surface area contributed by atoms with Gasteiger partial charge in [0.25, 0.3) is 5.91 Å². The van der Waals surface area contributed by atoms with Gasteiger partial charge >= 0.3 is 0 Å². The second-order valence-electron chi connectivity index (χ2n) is 6.44. The Morgan fingerprint density at radius 1 is 0.821 bits per heavy atom. The Hall–Kier alpha value is -3.47. The Bertz CT molecular complexity index is 883. The molecule has 0 saturated heterocycles. The average molecular weight is 373 g/mol. The fourth-order valence-corrected chi connectivity index (χ4v) is 2.98. The summed E-state index contributed by atoms with van der Waals surface area (Å²) in [6.07, 6.45) is 4.07. The Balaban J connectivity index is 1.56. The smallest absolute Gasteiger partial charge is 0.251 e. The first-order chi connectivity index (χ1) is 13.7. The van der Waals surface area contributed by atoms with Gasteiger partial charge < -0.3 is 10.6 Å². The van der Waals surface area contributed by atoms with Crippen molar-refractivity contribution in [3.63, 3.8) is 0 Å². The van der Waals surface area contributed by atoms with Crippen molar-refractivity contribution in [2.75, 3.05) is 13.1 Å². The lowest BCUT2D eigenvalue weighted by Crippen LogP contribution is -2.37. The molecule has 0 aliphatic rings. The van der Waals surface area contributed by atoms with Crippen molar-refractivity contribution >= 4 is 11.8 Å². The lowest BCUT2D eigenvalue weighted by atomic mass is 9.92. The van der Waals surface area contributed by atoms with Gasteiger partial charge in [-0.3, -0.25) is 14.6 Å². The third kappa shape index (κ3) is 5.51. The van der Waals surface area contributed by atoms with E-state index in [0.717, 1.165) is 11.1 Å². The van der Waals surface area contributed by atoms with E-state index in [9.17, 15) is 9.59 Å². The van der Waals surface area contributed by atoms with E-state index in [1.54, 1.807) is 24.5 Å². The molecule has 0 spiro atoms. The van der Waals surface area contributed by atoms with Crippen LogP contribution < -0.4 is 10.6 Å². The second-order valence-corrected chi connectivity index (χ2v) is 6.44. The summed E-state index contributed by atoms with van der Waals surface area (Å²) >= 11 is 0. The molecule has 1 heterocycles. The summed E-state index contributed by atoms with van der Waals surface area (Å²) in [5.74, 6) is -0.524. The third-order valence-corrected chi connectivity index (χ3v) is 4.43. The number of carbonyl (C=O) groups excluding carboxylic acids is 2. The molecule has 0 saturated carbocycles. The van der Waals surface area contributed by atoms with Crippen LogP contribution in [0.2, 0.25) is 0 Å². The Labute approximate surface area is 164 Å². The van der Waals surface area contributed by atoms with Gasteiger partial charge in [0.05, 0.1) is 5.92 Å². The topological polar surface area (TPSA) is 71.1 Å². The molecule has 1 unspecified atom stereocenters. The molecule has 5 nitrogen and oxygen atoms in total. The SMILES string of the molecule is O=C(NCCNC(=O)C(Cc1cccnc1)c1ccccc1)c1ccccc1. The molecule has 1 aromatic heterocycles. The largest absolute Gasteiger partial charge is 0.354 e. The van der Waals surface area contributed by atoms with Gasteiger partial charge in [0.2, 0.25) is 5.91 Å². The molecule has 0 radical (unpaired) electrons. The van der Waals surface area contributed by atoms with Gasteiger partial charge in [-0.2, -0.15) is 0 Å². The number of pyridine rings is 1. The molecule has 5 heteroatoms. The number of rotatable bonds is 8. The van der Waals surface area contributed by atoms with Crippen molar-refractivity contribution in [2.24, 2.45) is 0 Å². The van der Waals surface area contributed by atoms with Crippen LogP contribution >= 0.6 is 0 Å². The average Bonchev–Trinajstić information content (AvgIpc) is 2.76. The van der Waals surface area contributed by atoms with E-state index in [1.165, 1.54) is 0 Å². The molecular weight excluding hydrogens is 350 g/mol. The standard InChI is InChI=1S/C23H23N3O2/c27-22(20-11-5-2-6-12-20)25-14-15-26-23(28)21(19-9-3-1-4-10-19)16-18-8-7-13-24-17-18/h1-13,17,21H,14-16H2,(H,25,27)(H,26,28). The maximum Gasteiger partial charge on any atom is 0.251 e. The number of aromatic nitrogens is 1. The summed E-state index contributed by atoms with van der Waals surface area (Å²) in [5, 5.41) is 5.75. The molecule has 2 aromatic carbocycles. The van der Waals surface area contributed by atoms with Crippen molar-refractivity contribution in [1.29, 1.82) is 0 Å². The zero-order valence-electron chi connectivity index (χ0n) is 15.5. The summed E-state index contributed by atoms with van der Waals surface area (Å²) in [4.78, 5) is 29.0. The molecule has 2 amide bonds. The fourth-order valence-electron chi connectivity index (χ4n) is 2.98. The van der Waals surface area contributed by atoms with Gasteiger partial charge in [0.1, 0.15) is 0 Å². The highest BCUT2D eigenvalue weighted by atomic mass is 16.2. The van der Waals surface area contributed by atoms with E-state index in [2.05, 4.69) is 15.6 Å². The molecule has 3 rings (SSSR count). The summed E-state index contributed by atoms with van der Waals surface area (Å²) in [5.41, 5.74) is 2.56. The molecule has 0 aliphatic carbocycles. The Morgan fingerprint density at radius 3 is 2.18 bits per heavy atom. The molecule has 0 fully saturated rings. The van der Waals surface area contributed by atoms with Gasteiger partial charge in [0, 0.05) is 31.0 Å². The fraction of sp³-hybridized carbons (Fsp3) is 0.174. The van der Waals surface area contributed by atoms with Gasteiger partial charge in [0.15, 0.2) is 0 Å². The zero-order chi connectivity index (χ0) is 19.6. The minimum Gasteiger partial charge on any atom is -0.354 e. The van der Waals surface area contributed by atoms with Gasteiger partial charge in [-0.25, -0.2) is 0 Å². The quantitative estimate of drug-likeness (QED) is 0.597. The van der Waals surface area contributed by atoms with E-state index in [0.29, 0.717) is 25.1 Å². The van der Waals surface area contributed by atoms with Crippen molar-refractivity contribution < 1.29 is 9.59 Å². The van der Waals surface area contributed by atoms with Crippen molar-refractivity contribution in [3.05, 3.63) is 102 Å². The van der Waals surface area contributed by atoms with Crippen LogP contribution in [0.15, 0.2) is 85.2 Å². The van der Waals surface area contributed by atoms with Crippen molar-refractivity contribution in [3.8, 4) is 0 Å². The van der Waals surface area contributed by atoms with E-state index < -0.39 is 0 Å². The van der Waals surface area contributed by atoms with E-state index in [-0.39, 0.29) is 17.7 Å². The number of benzene rings is 2. The number of hydrogen-bond acceptors (Lipinski definition) is 3. The third-order valence-electron chi connectivity index (χ3n) is 4.43. The summed E-state index contributed by atoms with van der Waals surface area (Å²) in [6.45, 7) is 0.738. The van der Waals surface area contributed by atoms with Gasteiger partial charge in [-0.05, 0) is 35.7 Å². The molecule has 3 aromatic rings. The number of nitrogens with zero attached hydrogens (tertiary/aromatic N) is 1.